The lowest BCUT2D eigenvalue weighted by Crippen LogP contribution is -2.66. The van der Waals surface area contributed by atoms with Crippen molar-refractivity contribution in [2.45, 2.75) is 104 Å². The van der Waals surface area contributed by atoms with Gasteiger partial charge < -0.3 is 23.7 Å². The lowest BCUT2D eigenvalue weighted by Gasteiger charge is -2.46. The number of rotatable bonds is 15. The van der Waals surface area contributed by atoms with Crippen LogP contribution in [0.15, 0.2) is 96.1 Å². The second-order valence-electron chi connectivity index (χ2n) is 17.2. The molecule has 0 radical (unpaired) electrons. The van der Waals surface area contributed by atoms with Crippen LogP contribution in [0.4, 0.5) is 0 Å². The van der Waals surface area contributed by atoms with Crippen LogP contribution in [0.1, 0.15) is 93.4 Å². The van der Waals surface area contributed by atoms with Crippen LogP contribution in [0.2, 0.25) is 5.04 Å². The zero-order chi connectivity index (χ0) is 39.4. The standard InChI is InChI=1S/C45H60O8Si/c1-9-10-11-12-13-16-21-32-30-37-44(31-51-40(47)42(2,3)4)28-26-36(39(46)50-8)38(45(37,49)53-41(44)48)35(32)27-29-52-54(43(5,6)7,33-22-17-14-18-23-33)34-24-19-15-20-25-34/h9-10,14-15,17-20,22-26,30,32,35,38,49H,11-13,16,21,27-29,31H2,1-8H3/b10-9+/t32-,35-,38+,44+,45-/m0/s1. The predicted molar refractivity (Wildman–Crippen MR) is 213 cm³/mol. The van der Waals surface area contributed by atoms with Crippen LogP contribution in [0.3, 0.4) is 0 Å². The Balaban J connectivity index is 1.59. The third-order valence-corrected chi connectivity index (χ3v) is 16.7. The molecule has 4 bridgehead atoms. The Bertz CT molecular complexity index is 1690. The van der Waals surface area contributed by atoms with Gasteiger partial charge in [-0.1, -0.05) is 119 Å². The van der Waals surface area contributed by atoms with Gasteiger partial charge in [-0.2, -0.15) is 0 Å². The minimum absolute atomic E-state index is 0.0275. The number of esters is 3. The highest BCUT2D eigenvalue weighted by molar-refractivity contribution is 6.99. The van der Waals surface area contributed by atoms with Crippen molar-refractivity contribution in [3.63, 3.8) is 0 Å². The summed E-state index contributed by atoms with van der Waals surface area (Å²) in [5.74, 6) is -5.20. The first-order chi connectivity index (χ1) is 25.6. The van der Waals surface area contributed by atoms with Crippen molar-refractivity contribution in [1.29, 1.82) is 0 Å². The van der Waals surface area contributed by atoms with E-state index in [1.54, 1.807) is 26.8 Å². The Morgan fingerprint density at radius 2 is 1.57 bits per heavy atom. The zero-order valence-corrected chi connectivity index (χ0v) is 34.5. The molecule has 1 N–H and O–H groups in total. The number of ether oxygens (including phenoxy) is 3. The number of benzene rings is 2. The predicted octanol–water partition coefficient (Wildman–Crippen LogP) is 7.59. The molecule has 0 saturated carbocycles. The fourth-order valence-electron chi connectivity index (χ4n) is 8.88. The Morgan fingerprint density at radius 3 is 2.13 bits per heavy atom. The normalized spacial score (nSPS) is 25.4. The van der Waals surface area contributed by atoms with E-state index >= 15 is 0 Å². The molecule has 5 rings (SSSR count). The Labute approximate surface area is 323 Å². The van der Waals surface area contributed by atoms with E-state index in [0.29, 0.717) is 18.6 Å². The minimum Gasteiger partial charge on any atom is -0.466 e. The van der Waals surface area contributed by atoms with Crippen LogP contribution < -0.4 is 10.4 Å². The Hall–Kier alpha value is -3.79. The number of carbonyl (C=O) groups excluding carboxylic acids is 3. The maximum atomic E-state index is 14.0. The summed E-state index contributed by atoms with van der Waals surface area (Å²) >= 11 is 0. The molecule has 0 amide bonds. The van der Waals surface area contributed by atoms with Gasteiger partial charge in [0.1, 0.15) is 12.0 Å². The van der Waals surface area contributed by atoms with Gasteiger partial charge in [0.2, 0.25) is 5.79 Å². The van der Waals surface area contributed by atoms with E-state index < -0.39 is 48.8 Å². The molecule has 5 atom stereocenters. The zero-order valence-electron chi connectivity index (χ0n) is 33.5. The third kappa shape index (κ3) is 7.82. The molecule has 1 fully saturated rings. The van der Waals surface area contributed by atoms with Gasteiger partial charge >= 0.3 is 17.9 Å². The lowest BCUT2D eigenvalue weighted by atomic mass is 9.62. The van der Waals surface area contributed by atoms with E-state index in [9.17, 15) is 19.5 Å². The average Bonchev–Trinajstić information content (AvgIpc) is 3.32. The molecule has 54 heavy (non-hydrogen) atoms. The summed E-state index contributed by atoms with van der Waals surface area (Å²) in [6.45, 7) is 14.0. The molecule has 0 unspecified atom stereocenters. The molecular weight excluding hydrogens is 697 g/mol. The second-order valence-corrected chi connectivity index (χ2v) is 21.5. The van der Waals surface area contributed by atoms with E-state index in [2.05, 4.69) is 81.5 Å². The number of hydrogen-bond donors (Lipinski definition) is 1. The summed E-state index contributed by atoms with van der Waals surface area (Å²) in [6, 6.07) is 20.9. The van der Waals surface area contributed by atoms with Crippen molar-refractivity contribution in [2.75, 3.05) is 20.3 Å². The topological polar surface area (TPSA) is 108 Å². The number of methoxy groups -OCH3 is 1. The van der Waals surface area contributed by atoms with Crippen molar-refractivity contribution in [3.05, 3.63) is 96.1 Å². The summed E-state index contributed by atoms with van der Waals surface area (Å²) in [5, 5.41) is 14.8. The largest absolute Gasteiger partial charge is 0.466 e. The van der Waals surface area contributed by atoms with Crippen molar-refractivity contribution in [3.8, 4) is 0 Å². The number of unbranched alkanes of at least 4 members (excludes halogenated alkanes) is 3. The fraction of sp³-hybridized carbons (Fsp3) is 0.533. The lowest BCUT2D eigenvalue weighted by molar-refractivity contribution is -0.206. The highest BCUT2D eigenvalue weighted by atomic mass is 28.4. The summed E-state index contributed by atoms with van der Waals surface area (Å²) in [7, 11) is -1.58. The van der Waals surface area contributed by atoms with Crippen LogP contribution >= 0.6 is 0 Å². The first kappa shape index (κ1) is 41.4. The molecule has 3 aliphatic rings. The molecule has 292 valence electrons. The average molecular weight is 757 g/mol. The molecule has 2 aromatic carbocycles. The maximum Gasteiger partial charge on any atom is 0.333 e. The molecule has 1 heterocycles. The SMILES string of the molecule is C/C=C/CCCCC[C@H]1C=C2[C@]3(COC(=O)C(C)(C)C)CC=C(C(=O)OC)[C@@H]([C@H]1CCO[Si](c1ccccc1)(c1ccccc1)C(C)(C)C)[C@@]2(O)OC3=O. The quantitative estimate of drug-likeness (QED) is 0.0652. The first-order valence-corrected chi connectivity index (χ1v) is 21.5. The van der Waals surface area contributed by atoms with Crippen molar-refractivity contribution in [1.82, 2.24) is 0 Å². The molecule has 1 saturated heterocycles. The first-order valence-electron chi connectivity index (χ1n) is 19.6. The van der Waals surface area contributed by atoms with Crippen LogP contribution in [0, 0.1) is 28.6 Å². The molecule has 2 aromatic rings. The van der Waals surface area contributed by atoms with Crippen LogP contribution in [0.5, 0.6) is 0 Å². The number of hydrogen-bond acceptors (Lipinski definition) is 8. The van der Waals surface area contributed by atoms with Gasteiger partial charge in [-0.15, -0.1) is 0 Å². The van der Waals surface area contributed by atoms with E-state index in [1.807, 2.05) is 25.1 Å². The second kappa shape index (κ2) is 16.5. The maximum absolute atomic E-state index is 14.0. The molecular formula is C45H60O8Si. The van der Waals surface area contributed by atoms with Gasteiger partial charge in [0.25, 0.3) is 8.32 Å². The highest BCUT2D eigenvalue weighted by Gasteiger charge is 2.69. The molecule has 0 aromatic heterocycles. The van der Waals surface area contributed by atoms with Gasteiger partial charge in [-0.3, -0.25) is 9.59 Å². The Morgan fingerprint density at radius 1 is 0.944 bits per heavy atom. The van der Waals surface area contributed by atoms with Crippen LogP contribution in [-0.4, -0.2) is 57.4 Å². The van der Waals surface area contributed by atoms with Gasteiger partial charge in [-0.25, -0.2) is 4.79 Å². The fourth-order valence-corrected chi connectivity index (χ4v) is 13.5. The van der Waals surface area contributed by atoms with E-state index in [4.69, 9.17) is 18.6 Å². The van der Waals surface area contributed by atoms with Gasteiger partial charge in [-0.05, 0) is 87.0 Å². The van der Waals surface area contributed by atoms with E-state index in [0.717, 1.165) is 42.5 Å². The highest BCUT2D eigenvalue weighted by Crippen LogP contribution is 2.61. The van der Waals surface area contributed by atoms with Gasteiger partial charge in [0, 0.05) is 17.8 Å². The molecule has 9 heteroatoms. The van der Waals surface area contributed by atoms with Gasteiger partial charge in [0.15, 0.2) is 0 Å². The van der Waals surface area contributed by atoms with Crippen molar-refractivity contribution < 1.29 is 38.1 Å². The van der Waals surface area contributed by atoms with Crippen LogP contribution in [0.25, 0.3) is 0 Å². The van der Waals surface area contributed by atoms with E-state index in [-0.39, 0.29) is 35.5 Å². The molecule has 1 aliphatic heterocycles. The Kier molecular flexibility index (Phi) is 12.7. The van der Waals surface area contributed by atoms with Crippen molar-refractivity contribution >= 4 is 36.6 Å². The number of aliphatic hydroxyl groups is 1. The summed E-state index contributed by atoms with van der Waals surface area (Å²) in [4.78, 5) is 40.8. The van der Waals surface area contributed by atoms with E-state index in [1.165, 1.54) is 7.11 Å². The smallest absolute Gasteiger partial charge is 0.333 e. The summed E-state index contributed by atoms with van der Waals surface area (Å²) in [5.41, 5.74) is -1.62. The molecule has 8 nitrogen and oxygen atoms in total. The van der Waals surface area contributed by atoms with Crippen LogP contribution in [-0.2, 0) is 33.0 Å². The number of carbonyl (C=O) groups is 3. The minimum atomic E-state index is -2.91. The monoisotopic (exact) mass is 756 g/mol. The van der Waals surface area contributed by atoms with Gasteiger partial charge in [0.05, 0.1) is 18.4 Å². The molecule has 0 spiro atoms. The third-order valence-electron chi connectivity index (χ3n) is 11.6. The molecule has 2 aliphatic carbocycles. The number of allylic oxidation sites excluding steroid dienone is 4. The van der Waals surface area contributed by atoms with Crippen molar-refractivity contribution in [2.24, 2.45) is 28.6 Å². The summed E-state index contributed by atoms with van der Waals surface area (Å²) < 4.78 is 24.5. The summed E-state index contributed by atoms with van der Waals surface area (Å²) in [6.07, 6.45) is 13.2.